The number of hydrogen-bond acceptors (Lipinski definition) is 2. The van der Waals surface area contributed by atoms with Crippen molar-refractivity contribution < 1.29 is 8.94 Å². The van der Waals surface area contributed by atoms with Crippen molar-refractivity contribution in [1.29, 1.82) is 0 Å². The molecule has 1 N–H and O–H groups in total. The van der Waals surface area contributed by atoms with Crippen LogP contribution in [0.5, 0.6) is 5.75 Å². The average Bonchev–Trinajstić information content (AvgIpc) is 2.27. The Balaban J connectivity index is 2.51. The molecule has 0 aliphatic carbocycles. The Morgan fingerprint density at radius 3 is 2.82 bits per heavy atom. The Morgan fingerprint density at radius 2 is 2.00 bits per heavy atom. The van der Waals surface area contributed by atoms with Crippen LogP contribution in [0.1, 0.15) is 11.1 Å². The average molecular weight is 215 g/mol. The molecule has 11 heavy (non-hydrogen) atoms. The van der Waals surface area contributed by atoms with Crippen molar-refractivity contribution in [3.63, 3.8) is 0 Å². The maximum absolute atomic E-state index is 11.1. The van der Waals surface area contributed by atoms with Crippen molar-refractivity contribution in [2.24, 2.45) is 0 Å². The standard InChI is InChI=1S/C8H8O2Se/c9-8-2-1-6-4-11(10)5-7(6)3-8/h1-3,9H,4-5H2. The van der Waals surface area contributed by atoms with E-state index in [0.29, 0.717) is 5.32 Å². The van der Waals surface area contributed by atoms with Crippen LogP contribution in [0, 0.1) is 0 Å². The van der Waals surface area contributed by atoms with E-state index in [-0.39, 0.29) is 5.75 Å². The number of phenols is 1. The summed E-state index contributed by atoms with van der Waals surface area (Å²) in [7, 11) is 0. The Labute approximate surface area is 68.9 Å². The van der Waals surface area contributed by atoms with Gasteiger partial charge in [-0.1, -0.05) is 0 Å². The van der Waals surface area contributed by atoms with Gasteiger partial charge < -0.3 is 0 Å². The maximum atomic E-state index is 11.1. The monoisotopic (exact) mass is 216 g/mol. The van der Waals surface area contributed by atoms with Crippen LogP contribution in [0.25, 0.3) is 0 Å². The van der Waals surface area contributed by atoms with Crippen LogP contribution in [0.15, 0.2) is 18.2 Å². The van der Waals surface area contributed by atoms with Gasteiger partial charge in [-0.3, -0.25) is 0 Å². The molecule has 1 atom stereocenters. The van der Waals surface area contributed by atoms with E-state index in [4.69, 9.17) is 5.11 Å². The number of hydrogen-bond donors (Lipinski definition) is 1. The van der Waals surface area contributed by atoms with Crippen molar-refractivity contribution >= 4 is 13.8 Å². The predicted octanol–water partition coefficient (Wildman–Crippen LogP) is 0.991. The summed E-state index contributed by atoms with van der Waals surface area (Å²) in [5.74, 6) is 0.282. The van der Waals surface area contributed by atoms with Crippen LogP contribution in [0.3, 0.4) is 0 Å². The zero-order chi connectivity index (χ0) is 7.84. The molecular weight excluding hydrogens is 207 g/mol. The molecule has 0 amide bonds. The number of rotatable bonds is 0. The second-order valence-electron chi connectivity index (χ2n) is 2.68. The van der Waals surface area contributed by atoms with Gasteiger partial charge in [0.2, 0.25) is 0 Å². The first-order valence-corrected chi connectivity index (χ1v) is 6.53. The Kier molecular flexibility index (Phi) is 1.55. The summed E-state index contributed by atoms with van der Waals surface area (Å²) in [6, 6.07) is 5.24. The minimum atomic E-state index is -1.60. The van der Waals surface area contributed by atoms with Crippen molar-refractivity contribution in [2.45, 2.75) is 10.6 Å². The number of fused-ring (bicyclic) bond motifs is 1. The summed E-state index contributed by atoms with van der Waals surface area (Å²) < 4.78 is 11.1. The molecule has 1 aliphatic rings. The molecule has 0 saturated heterocycles. The van der Waals surface area contributed by atoms with Crippen LogP contribution >= 0.6 is 0 Å². The van der Waals surface area contributed by atoms with E-state index in [0.717, 1.165) is 16.4 Å². The topological polar surface area (TPSA) is 37.3 Å². The molecular formula is C8H8O2Se. The normalized spacial score (nSPS) is 21.6. The predicted molar refractivity (Wildman–Crippen MR) is 42.0 cm³/mol. The number of benzene rings is 1. The van der Waals surface area contributed by atoms with E-state index < -0.39 is 13.8 Å². The molecule has 0 fully saturated rings. The van der Waals surface area contributed by atoms with Crippen LogP contribution in [-0.4, -0.2) is 18.9 Å². The van der Waals surface area contributed by atoms with E-state index in [1.54, 1.807) is 12.1 Å². The first kappa shape index (κ1) is 7.01. The van der Waals surface area contributed by atoms with Gasteiger partial charge in [-0.15, -0.1) is 0 Å². The third-order valence-corrected chi connectivity index (χ3v) is 4.48. The van der Waals surface area contributed by atoms with Gasteiger partial charge in [-0.2, -0.15) is 0 Å². The zero-order valence-corrected chi connectivity index (χ0v) is 7.62. The quantitative estimate of drug-likeness (QED) is 0.655. The van der Waals surface area contributed by atoms with Gasteiger partial charge in [-0.05, 0) is 0 Å². The van der Waals surface area contributed by atoms with E-state index in [9.17, 15) is 3.83 Å². The van der Waals surface area contributed by atoms with Gasteiger partial charge in [0.1, 0.15) is 0 Å². The Morgan fingerprint density at radius 1 is 1.27 bits per heavy atom. The SMILES string of the molecule is O=[Se]1Cc2ccc(O)cc2C1. The van der Waals surface area contributed by atoms with Gasteiger partial charge in [0.15, 0.2) is 0 Å². The summed E-state index contributed by atoms with van der Waals surface area (Å²) in [5.41, 5.74) is 2.23. The summed E-state index contributed by atoms with van der Waals surface area (Å²) >= 11 is -1.60. The van der Waals surface area contributed by atoms with Gasteiger partial charge >= 0.3 is 68.5 Å². The van der Waals surface area contributed by atoms with Crippen molar-refractivity contribution in [2.75, 3.05) is 0 Å². The second-order valence-corrected chi connectivity index (χ2v) is 5.74. The number of phenolic OH excluding ortho intramolecular Hbond substituents is 1. The minimum absolute atomic E-state index is 0.282. The molecule has 1 heterocycles. The molecule has 1 unspecified atom stereocenters. The van der Waals surface area contributed by atoms with Gasteiger partial charge in [0.05, 0.1) is 0 Å². The van der Waals surface area contributed by atoms with E-state index in [2.05, 4.69) is 0 Å². The van der Waals surface area contributed by atoms with Gasteiger partial charge in [0, 0.05) is 0 Å². The van der Waals surface area contributed by atoms with E-state index >= 15 is 0 Å². The Hall–Kier alpha value is -0.661. The second kappa shape index (κ2) is 2.43. The fraction of sp³-hybridized carbons (Fsp3) is 0.250. The molecule has 2 rings (SSSR count). The number of aromatic hydroxyl groups is 1. The third-order valence-electron chi connectivity index (χ3n) is 1.82. The molecule has 1 aromatic carbocycles. The molecule has 58 valence electrons. The van der Waals surface area contributed by atoms with Crippen LogP contribution in [0.2, 0.25) is 0 Å². The first-order chi connectivity index (χ1) is 5.25. The fourth-order valence-corrected chi connectivity index (χ4v) is 4.11. The molecule has 0 saturated carbocycles. The summed E-state index contributed by atoms with van der Waals surface area (Å²) in [6.07, 6.45) is 0. The first-order valence-electron chi connectivity index (χ1n) is 3.41. The van der Waals surface area contributed by atoms with Gasteiger partial charge in [0.25, 0.3) is 0 Å². The third kappa shape index (κ3) is 1.22. The molecule has 0 spiro atoms. The van der Waals surface area contributed by atoms with E-state index in [1.807, 2.05) is 6.07 Å². The van der Waals surface area contributed by atoms with Crippen molar-refractivity contribution in [3.8, 4) is 5.75 Å². The van der Waals surface area contributed by atoms with Crippen molar-refractivity contribution in [1.82, 2.24) is 0 Å². The molecule has 2 nitrogen and oxygen atoms in total. The van der Waals surface area contributed by atoms with E-state index in [1.165, 1.54) is 0 Å². The summed E-state index contributed by atoms with van der Waals surface area (Å²) in [5, 5.41) is 10.5. The zero-order valence-electron chi connectivity index (χ0n) is 5.91. The Bertz CT molecular complexity index is 320. The summed E-state index contributed by atoms with van der Waals surface area (Å²) in [4.78, 5) is 0. The van der Waals surface area contributed by atoms with Crippen LogP contribution in [0.4, 0.5) is 0 Å². The fourth-order valence-electron chi connectivity index (χ4n) is 1.29. The van der Waals surface area contributed by atoms with Crippen LogP contribution in [-0.2, 0) is 14.5 Å². The molecule has 0 aromatic heterocycles. The van der Waals surface area contributed by atoms with Gasteiger partial charge in [-0.25, -0.2) is 0 Å². The molecule has 0 radical (unpaired) electrons. The molecule has 1 aromatic rings. The van der Waals surface area contributed by atoms with Crippen molar-refractivity contribution in [3.05, 3.63) is 29.3 Å². The van der Waals surface area contributed by atoms with Crippen LogP contribution < -0.4 is 0 Å². The summed E-state index contributed by atoms with van der Waals surface area (Å²) in [6.45, 7) is 0. The molecule has 1 aliphatic heterocycles. The molecule has 3 heteroatoms. The molecule has 0 bridgehead atoms.